The first kappa shape index (κ1) is 11.3. The molecule has 0 spiro atoms. The normalized spacial score (nSPS) is 26.2. The summed E-state index contributed by atoms with van der Waals surface area (Å²) in [5.74, 6) is 0.662. The lowest BCUT2D eigenvalue weighted by molar-refractivity contribution is -0.137. The highest BCUT2D eigenvalue weighted by Crippen LogP contribution is 2.28. The average Bonchev–Trinajstić information content (AvgIpc) is 2.84. The maximum absolute atomic E-state index is 12.2. The summed E-state index contributed by atoms with van der Waals surface area (Å²) in [5, 5.41) is 12.6. The van der Waals surface area contributed by atoms with Gasteiger partial charge in [0.05, 0.1) is 18.3 Å². The Hall–Kier alpha value is -1.75. The van der Waals surface area contributed by atoms with E-state index in [0.717, 1.165) is 5.69 Å². The van der Waals surface area contributed by atoms with Crippen LogP contribution in [0.4, 0.5) is 5.69 Å². The summed E-state index contributed by atoms with van der Waals surface area (Å²) in [6.45, 7) is 1.50. The summed E-state index contributed by atoms with van der Waals surface area (Å²) in [4.78, 5) is 13.9. The molecular formula is C13H16N2O3. The molecule has 1 fully saturated rings. The molecule has 18 heavy (non-hydrogen) atoms. The molecule has 1 aromatic rings. The number of nitrogens with one attached hydrogen (secondary N) is 1. The smallest absolute Gasteiger partial charge is 0.265 e. The van der Waals surface area contributed by atoms with Crippen molar-refractivity contribution in [1.29, 1.82) is 0 Å². The van der Waals surface area contributed by atoms with Crippen LogP contribution in [0.5, 0.6) is 5.75 Å². The van der Waals surface area contributed by atoms with Crippen LogP contribution >= 0.6 is 0 Å². The predicted octanol–water partition coefficient (Wildman–Crippen LogP) is 0.453. The molecule has 1 aromatic carbocycles. The maximum Gasteiger partial charge on any atom is 0.265 e. The molecule has 2 heterocycles. The number of β-amino-alcohol motifs (C(OH)–C–C–N with tert-alkyl or cyclic N) is 1. The van der Waals surface area contributed by atoms with E-state index in [1.165, 1.54) is 0 Å². The van der Waals surface area contributed by atoms with E-state index in [2.05, 4.69) is 5.32 Å². The number of rotatable bonds is 1. The number of fused-ring (bicyclic) bond motifs is 1. The molecule has 2 N–H and O–H groups in total. The molecule has 2 aliphatic rings. The zero-order chi connectivity index (χ0) is 12.5. The van der Waals surface area contributed by atoms with Gasteiger partial charge in [0, 0.05) is 13.1 Å². The Morgan fingerprint density at radius 1 is 1.44 bits per heavy atom. The second kappa shape index (κ2) is 4.49. The van der Waals surface area contributed by atoms with E-state index < -0.39 is 12.2 Å². The fourth-order valence-corrected chi connectivity index (χ4v) is 2.40. The molecule has 96 valence electrons. The predicted molar refractivity (Wildman–Crippen MR) is 66.6 cm³/mol. The minimum absolute atomic E-state index is 0.0476. The van der Waals surface area contributed by atoms with E-state index in [9.17, 15) is 9.90 Å². The maximum atomic E-state index is 12.2. The van der Waals surface area contributed by atoms with Crippen LogP contribution in [0.2, 0.25) is 0 Å². The molecule has 1 saturated heterocycles. The van der Waals surface area contributed by atoms with Crippen molar-refractivity contribution in [3.05, 3.63) is 24.3 Å². The fraction of sp³-hybridized carbons (Fsp3) is 0.462. The first-order valence-electron chi connectivity index (χ1n) is 6.20. The van der Waals surface area contributed by atoms with Gasteiger partial charge in [-0.1, -0.05) is 12.1 Å². The van der Waals surface area contributed by atoms with Crippen LogP contribution in [0.25, 0.3) is 0 Å². The first-order chi connectivity index (χ1) is 8.74. The van der Waals surface area contributed by atoms with E-state index in [4.69, 9.17) is 4.74 Å². The zero-order valence-electron chi connectivity index (χ0n) is 10.0. The molecular weight excluding hydrogens is 232 g/mol. The first-order valence-corrected chi connectivity index (χ1v) is 6.20. The highest BCUT2D eigenvalue weighted by atomic mass is 16.5. The third-order valence-corrected chi connectivity index (χ3v) is 3.38. The Morgan fingerprint density at radius 3 is 3.06 bits per heavy atom. The van der Waals surface area contributed by atoms with Crippen LogP contribution in [-0.4, -0.2) is 47.8 Å². The van der Waals surface area contributed by atoms with E-state index in [1.807, 2.05) is 24.3 Å². The van der Waals surface area contributed by atoms with Gasteiger partial charge in [0.2, 0.25) is 0 Å². The van der Waals surface area contributed by atoms with Gasteiger partial charge in [-0.2, -0.15) is 0 Å². The molecule has 5 nitrogen and oxygen atoms in total. The van der Waals surface area contributed by atoms with Crippen LogP contribution < -0.4 is 10.1 Å². The number of ether oxygens (including phenoxy) is 1. The third-order valence-electron chi connectivity index (χ3n) is 3.38. The molecule has 2 atom stereocenters. The van der Waals surface area contributed by atoms with Gasteiger partial charge in [-0.3, -0.25) is 4.79 Å². The number of aliphatic hydroxyl groups excluding tert-OH is 1. The average molecular weight is 248 g/mol. The lowest BCUT2D eigenvalue weighted by Gasteiger charge is -2.29. The van der Waals surface area contributed by atoms with Gasteiger partial charge in [-0.05, 0) is 18.6 Å². The van der Waals surface area contributed by atoms with Crippen molar-refractivity contribution in [1.82, 2.24) is 4.90 Å². The number of aliphatic hydroxyl groups is 1. The Bertz CT molecular complexity index is 463. The number of hydrogen-bond acceptors (Lipinski definition) is 4. The Kier molecular flexibility index (Phi) is 2.83. The number of carbonyl (C=O) groups excluding carboxylic acids is 1. The number of likely N-dealkylation sites (tertiary alicyclic amines) is 1. The highest BCUT2D eigenvalue weighted by Gasteiger charge is 2.33. The summed E-state index contributed by atoms with van der Waals surface area (Å²) in [6, 6.07) is 7.58. The lowest BCUT2D eigenvalue weighted by atomic mass is 10.2. The minimum atomic E-state index is -0.495. The van der Waals surface area contributed by atoms with Crippen molar-refractivity contribution < 1.29 is 14.6 Å². The van der Waals surface area contributed by atoms with Crippen LogP contribution in [-0.2, 0) is 4.79 Å². The number of benzene rings is 1. The molecule has 0 aromatic heterocycles. The van der Waals surface area contributed by atoms with Crippen LogP contribution in [0.3, 0.4) is 0 Å². The number of carbonyl (C=O) groups is 1. The zero-order valence-corrected chi connectivity index (χ0v) is 10.0. The third kappa shape index (κ3) is 2.01. The molecule has 1 unspecified atom stereocenters. The minimum Gasteiger partial charge on any atom is -0.477 e. The summed E-state index contributed by atoms with van der Waals surface area (Å²) < 4.78 is 5.71. The van der Waals surface area contributed by atoms with Gasteiger partial charge >= 0.3 is 0 Å². The highest BCUT2D eigenvalue weighted by molar-refractivity contribution is 5.83. The summed E-state index contributed by atoms with van der Waals surface area (Å²) in [7, 11) is 0. The molecule has 5 heteroatoms. The van der Waals surface area contributed by atoms with Crippen molar-refractivity contribution in [2.45, 2.75) is 18.6 Å². The van der Waals surface area contributed by atoms with Gasteiger partial charge in [0.25, 0.3) is 5.91 Å². The summed E-state index contributed by atoms with van der Waals surface area (Å²) in [6.07, 6.45) is -0.231. The topological polar surface area (TPSA) is 61.8 Å². The van der Waals surface area contributed by atoms with Gasteiger partial charge < -0.3 is 20.1 Å². The van der Waals surface area contributed by atoms with E-state index >= 15 is 0 Å². The molecule has 1 amide bonds. The molecule has 0 saturated carbocycles. The van der Waals surface area contributed by atoms with Crippen molar-refractivity contribution >= 4 is 11.6 Å². The van der Waals surface area contributed by atoms with Crippen molar-refractivity contribution in [3.8, 4) is 5.75 Å². The van der Waals surface area contributed by atoms with E-state index in [0.29, 0.717) is 31.8 Å². The molecule has 0 bridgehead atoms. The molecule has 3 rings (SSSR count). The van der Waals surface area contributed by atoms with Gasteiger partial charge in [0.15, 0.2) is 6.10 Å². The second-order valence-corrected chi connectivity index (χ2v) is 4.71. The Morgan fingerprint density at radius 2 is 2.28 bits per heavy atom. The van der Waals surface area contributed by atoms with Crippen molar-refractivity contribution in [2.75, 3.05) is 25.0 Å². The van der Waals surface area contributed by atoms with Gasteiger partial charge in [-0.15, -0.1) is 0 Å². The van der Waals surface area contributed by atoms with E-state index in [1.54, 1.807) is 4.90 Å². The van der Waals surface area contributed by atoms with Gasteiger partial charge in [-0.25, -0.2) is 0 Å². The Balaban J connectivity index is 1.70. The lowest BCUT2D eigenvalue weighted by Crippen LogP contribution is -2.46. The van der Waals surface area contributed by atoms with Crippen LogP contribution in [0.1, 0.15) is 6.42 Å². The van der Waals surface area contributed by atoms with E-state index in [-0.39, 0.29) is 5.91 Å². The molecule has 2 aliphatic heterocycles. The molecule has 0 aliphatic carbocycles. The monoisotopic (exact) mass is 248 g/mol. The standard InChI is InChI=1S/C13H16N2O3/c16-9-5-6-15(8-9)13(17)12-7-14-10-3-1-2-4-11(10)18-12/h1-4,9,12,14,16H,5-8H2/t9-,12?/m0/s1. The Labute approximate surface area is 105 Å². The largest absolute Gasteiger partial charge is 0.477 e. The van der Waals surface area contributed by atoms with Crippen molar-refractivity contribution in [3.63, 3.8) is 0 Å². The van der Waals surface area contributed by atoms with Gasteiger partial charge in [0.1, 0.15) is 5.75 Å². The number of nitrogens with zero attached hydrogens (tertiary/aromatic N) is 1. The summed E-state index contributed by atoms with van der Waals surface area (Å²) >= 11 is 0. The van der Waals surface area contributed by atoms with Crippen LogP contribution in [0, 0.1) is 0 Å². The second-order valence-electron chi connectivity index (χ2n) is 4.71. The number of anilines is 1. The number of para-hydroxylation sites is 2. The quantitative estimate of drug-likeness (QED) is 0.757. The fourth-order valence-electron chi connectivity index (χ4n) is 2.40. The summed E-state index contributed by atoms with van der Waals surface area (Å²) in [5.41, 5.74) is 0.919. The number of amides is 1. The number of hydrogen-bond donors (Lipinski definition) is 2. The molecule has 0 radical (unpaired) electrons. The van der Waals surface area contributed by atoms with Crippen LogP contribution in [0.15, 0.2) is 24.3 Å². The SMILES string of the molecule is O=C(C1CNc2ccccc2O1)N1CC[C@H](O)C1. The van der Waals surface area contributed by atoms with Crippen molar-refractivity contribution in [2.24, 2.45) is 0 Å².